The van der Waals surface area contributed by atoms with E-state index in [1.807, 2.05) is 12.1 Å². The van der Waals surface area contributed by atoms with Crippen LogP contribution >= 0.6 is 11.6 Å². The Kier molecular flexibility index (Phi) is 8.73. The summed E-state index contributed by atoms with van der Waals surface area (Å²) >= 11 is 6.78. The van der Waals surface area contributed by atoms with Crippen molar-refractivity contribution in [2.24, 2.45) is 5.41 Å². The molecule has 7 rings (SSSR count). The van der Waals surface area contributed by atoms with Crippen molar-refractivity contribution in [2.45, 2.75) is 50.9 Å². The SMILES string of the molecule is [C-]#[N+]C[C@H]1CN(c2nc(OCC3(CN(C)C4CC4)COC3)nc3c2C[C@@H](C)N(c2cccc4cccc(Cl)c24)C3)CCN1C(=O)C=C. The molecular weight excluding hydrogens is 614 g/mol. The van der Waals surface area contributed by atoms with Gasteiger partial charge in [0.25, 0.3) is 0 Å². The average molecular weight is 656 g/mol. The number of carbonyl (C=O) groups excluding carboxylic acids is 1. The largest absolute Gasteiger partial charge is 0.463 e. The van der Waals surface area contributed by atoms with Gasteiger partial charge in [0.1, 0.15) is 18.5 Å². The second-order valence-electron chi connectivity index (χ2n) is 13.7. The van der Waals surface area contributed by atoms with Crippen molar-refractivity contribution in [3.8, 4) is 6.01 Å². The minimum atomic E-state index is -0.259. The number of carbonyl (C=O) groups is 1. The van der Waals surface area contributed by atoms with Crippen molar-refractivity contribution >= 4 is 39.8 Å². The summed E-state index contributed by atoms with van der Waals surface area (Å²) in [4.78, 5) is 35.3. The molecule has 0 bridgehead atoms. The van der Waals surface area contributed by atoms with Crippen molar-refractivity contribution < 1.29 is 14.3 Å². The fourth-order valence-corrected chi connectivity index (χ4v) is 7.72. The van der Waals surface area contributed by atoms with Crippen LogP contribution in [-0.2, 0) is 22.5 Å². The molecule has 1 amide bonds. The van der Waals surface area contributed by atoms with Gasteiger partial charge in [0.15, 0.2) is 0 Å². The molecule has 3 aliphatic heterocycles. The first-order chi connectivity index (χ1) is 22.8. The van der Waals surface area contributed by atoms with Crippen LogP contribution in [0.2, 0.25) is 5.02 Å². The highest BCUT2D eigenvalue weighted by atomic mass is 35.5. The number of amides is 1. The zero-order valence-electron chi connectivity index (χ0n) is 27.2. The molecule has 0 spiro atoms. The monoisotopic (exact) mass is 655 g/mol. The quantitative estimate of drug-likeness (QED) is 0.227. The molecule has 47 heavy (non-hydrogen) atoms. The third-order valence-corrected chi connectivity index (χ3v) is 10.5. The Morgan fingerprint density at radius 2 is 2.02 bits per heavy atom. The van der Waals surface area contributed by atoms with E-state index in [0.29, 0.717) is 58.1 Å². The number of benzene rings is 2. The lowest BCUT2D eigenvalue weighted by Gasteiger charge is -2.43. The van der Waals surface area contributed by atoms with E-state index in [-0.39, 0.29) is 30.0 Å². The van der Waals surface area contributed by atoms with E-state index in [9.17, 15) is 4.79 Å². The van der Waals surface area contributed by atoms with Crippen LogP contribution in [0.3, 0.4) is 0 Å². The highest BCUT2D eigenvalue weighted by molar-refractivity contribution is 6.36. The summed E-state index contributed by atoms with van der Waals surface area (Å²) in [5.74, 6) is 0.691. The molecule has 10 nitrogen and oxygen atoms in total. The summed E-state index contributed by atoms with van der Waals surface area (Å²) in [6, 6.07) is 13.2. The van der Waals surface area contributed by atoms with Crippen LogP contribution in [0.15, 0.2) is 49.1 Å². The summed E-state index contributed by atoms with van der Waals surface area (Å²) in [6.07, 6.45) is 4.57. The van der Waals surface area contributed by atoms with Crippen molar-refractivity contribution in [3.05, 3.63) is 76.8 Å². The standard InChI is InChI=1S/C36H42ClN7O3/c1-5-32(45)43-15-14-42(18-27(43)17-38-3)34-28-16-24(2)44(31-11-7-9-25-8-6-10-29(37)33(25)31)19-30(28)39-35(40-34)47-23-36(21-46-22-36)20-41(4)26-12-13-26/h5-11,24,26-27H,1,12-23H2,2,4H3/t24-,27+/m1/s1. The third kappa shape index (κ3) is 6.24. The van der Waals surface area contributed by atoms with Crippen molar-refractivity contribution in [2.75, 3.05) is 69.4 Å². The maximum absolute atomic E-state index is 12.7. The Hall–Kier alpha value is -3.91. The van der Waals surface area contributed by atoms with Crippen LogP contribution in [-0.4, -0.2) is 103 Å². The van der Waals surface area contributed by atoms with Gasteiger partial charge in [-0.15, -0.1) is 0 Å². The van der Waals surface area contributed by atoms with Gasteiger partial charge in [0, 0.05) is 54.9 Å². The zero-order chi connectivity index (χ0) is 32.7. The number of nitrogens with zero attached hydrogens (tertiary/aromatic N) is 7. The van der Waals surface area contributed by atoms with Crippen LogP contribution in [0.5, 0.6) is 6.01 Å². The number of hydrogen-bond donors (Lipinski definition) is 0. The number of aromatic nitrogens is 2. The molecule has 4 aliphatic rings. The second-order valence-corrected chi connectivity index (χ2v) is 14.1. The molecule has 2 atom stereocenters. The fraction of sp³-hybridized carbons (Fsp3) is 0.500. The first kappa shape index (κ1) is 31.7. The molecule has 4 heterocycles. The van der Waals surface area contributed by atoms with Gasteiger partial charge in [-0.1, -0.05) is 42.4 Å². The Morgan fingerprint density at radius 3 is 2.72 bits per heavy atom. The molecule has 0 unspecified atom stereocenters. The summed E-state index contributed by atoms with van der Waals surface area (Å²) in [7, 11) is 2.19. The highest BCUT2D eigenvalue weighted by Gasteiger charge is 2.43. The van der Waals surface area contributed by atoms with Crippen molar-refractivity contribution in [1.82, 2.24) is 19.8 Å². The molecule has 3 fully saturated rings. The lowest BCUT2D eigenvalue weighted by molar-refractivity contribution is -0.143. The molecule has 3 aromatic rings. The highest BCUT2D eigenvalue weighted by Crippen LogP contribution is 2.40. The van der Waals surface area contributed by atoms with E-state index >= 15 is 0 Å². The molecule has 11 heteroatoms. The summed E-state index contributed by atoms with van der Waals surface area (Å²) in [5, 5.41) is 2.86. The molecule has 1 aliphatic carbocycles. The number of ether oxygens (including phenoxy) is 2. The van der Waals surface area contributed by atoms with Crippen molar-refractivity contribution in [1.29, 1.82) is 0 Å². The van der Waals surface area contributed by atoms with Crippen LogP contribution in [0.25, 0.3) is 15.6 Å². The van der Waals surface area contributed by atoms with E-state index < -0.39 is 0 Å². The number of piperazine rings is 1. The molecule has 2 aromatic carbocycles. The summed E-state index contributed by atoms with van der Waals surface area (Å²) in [6.45, 7) is 18.6. The average Bonchev–Trinajstić information content (AvgIpc) is 3.91. The van der Waals surface area contributed by atoms with Gasteiger partial charge in [-0.3, -0.25) is 4.79 Å². The van der Waals surface area contributed by atoms with E-state index in [0.717, 1.165) is 51.5 Å². The Labute approximate surface area is 281 Å². The van der Waals surface area contributed by atoms with Gasteiger partial charge in [-0.05, 0) is 56.8 Å². The maximum Gasteiger partial charge on any atom is 0.318 e. The number of hydrogen-bond acceptors (Lipinski definition) is 8. The van der Waals surface area contributed by atoms with Gasteiger partial charge in [-0.2, -0.15) is 9.97 Å². The van der Waals surface area contributed by atoms with Gasteiger partial charge >= 0.3 is 6.01 Å². The number of halogens is 1. The predicted octanol–water partition coefficient (Wildman–Crippen LogP) is 4.85. The van der Waals surface area contributed by atoms with Gasteiger partial charge in [-0.25, -0.2) is 6.57 Å². The lowest BCUT2D eigenvalue weighted by atomic mass is 9.86. The fourth-order valence-electron chi connectivity index (χ4n) is 7.44. The van der Waals surface area contributed by atoms with Crippen LogP contribution in [0.1, 0.15) is 31.0 Å². The molecular formula is C36H42ClN7O3. The van der Waals surface area contributed by atoms with Gasteiger partial charge in [0.2, 0.25) is 12.5 Å². The van der Waals surface area contributed by atoms with Crippen molar-refractivity contribution in [3.63, 3.8) is 0 Å². The molecule has 1 saturated carbocycles. The topological polar surface area (TPSA) is 78.6 Å². The normalized spacial score (nSPS) is 22.1. The zero-order valence-corrected chi connectivity index (χ0v) is 28.0. The molecule has 1 aromatic heterocycles. The van der Waals surface area contributed by atoms with Crippen LogP contribution < -0.4 is 14.5 Å². The number of anilines is 2. The first-order valence-corrected chi connectivity index (χ1v) is 16.9. The summed E-state index contributed by atoms with van der Waals surface area (Å²) in [5.41, 5.74) is 3.00. The predicted molar refractivity (Wildman–Crippen MR) is 184 cm³/mol. The lowest BCUT2D eigenvalue weighted by Crippen LogP contribution is -2.56. The molecule has 0 N–H and O–H groups in total. The number of fused-ring (bicyclic) bond motifs is 2. The molecule has 0 radical (unpaired) electrons. The van der Waals surface area contributed by atoms with E-state index in [1.54, 1.807) is 4.90 Å². The number of rotatable bonds is 10. The molecule has 2 saturated heterocycles. The first-order valence-electron chi connectivity index (χ1n) is 16.5. The van der Waals surface area contributed by atoms with Crippen LogP contribution in [0, 0.1) is 12.0 Å². The minimum Gasteiger partial charge on any atom is -0.463 e. The van der Waals surface area contributed by atoms with Gasteiger partial charge in [0.05, 0.1) is 35.9 Å². The van der Waals surface area contributed by atoms with E-state index in [1.165, 1.54) is 18.9 Å². The third-order valence-electron chi connectivity index (χ3n) is 10.2. The smallest absolute Gasteiger partial charge is 0.318 e. The van der Waals surface area contributed by atoms with Gasteiger partial charge < -0.3 is 33.9 Å². The van der Waals surface area contributed by atoms with E-state index in [4.69, 9.17) is 37.6 Å². The second kappa shape index (κ2) is 12.9. The Balaban J connectivity index is 1.23. The molecule has 246 valence electrons. The maximum atomic E-state index is 12.7. The van der Waals surface area contributed by atoms with E-state index in [2.05, 4.69) is 64.4 Å². The minimum absolute atomic E-state index is 0.0889. The van der Waals surface area contributed by atoms with Crippen LogP contribution in [0.4, 0.5) is 11.5 Å². The summed E-state index contributed by atoms with van der Waals surface area (Å²) < 4.78 is 12.2. The Morgan fingerprint density at radius 1 is 1.23 bits per heavy atom. The Bertz CT molecular complexity index is 1710.